The minimum Gasteiger partial charge on any atom is -0.462 e. The largest absolute Gasteiger partial charge is 0.462 e. The topological polar surface area (TPSA) is 69.4 Å². The van der Waals surface area contributed by atoms with Crippen molar-refractivity contribution in [3.8, 4) is 0 Å². The van der Waals surface area contributed by atoms with Crippen LogP contribution in [0.1, 0.15) is 27.6 Å². The summed E-state index contributed by atoms with van der Waals surface area (Å²) in [5.41, 5.74) is 5.48. The molecule has 0 saturated carbocycles. The van der Waals surface area contributed by atoms with Crippen molar-refractivity contribution in [2.75, 3.05) is 6.61 Å². The van der Waals surface area contributed by atoms with Gasteiger partial charge >= 0.3 is 5.97 Å². The summed E-state index contributed by atoms with van der Waals surface area (Å²) in [4.78, 5) is 22.2. The first-order chi connectivity index (χ1) is 7.04. The van der Waals surface area contributed by atoms with Crippen molar-refractivity contribution >= 4 is 23.5 Å². The first-order valence-corrected chi connectivity index (χ1v) is 4.70. The summed E-state index contributed by atoms with van der Waals surface area (Å²) >= 11 is 5.72. The molecule has 1 aromatic carbocycles. The van der Waals surface area contributed by atoms with E-state index in [2.05, 4.69) is 0 Å². The molecule has 0 unspecified atom stereocenters. The molecule has 1 aromatic rings. The van der Waals surface area contributed by atoms with Crippen LogP contribution < -0.4 is 5.73 Å². The monoisotopic (exact) mass is 227 g/mol. The second-order valence-corrected chi connectivity index (χ2v) is 3.25. The molecule has 0 heterocycles. The average molecular weight is 228 g/mol. The van der Waals surface area contributed by atoms with Crippen LogP contribution in [0.5, 0.6) is 0 Å². The fraction of sp³-hybridized carbons (Fsp3) is 0.200. The summed E-state index contributed by atoms with van der Waals surface area (Å²) in [6.45, 7) is 1.95. The molecule has 2 N–H and O–H groups in total. The molecule has 0 spiro atoms. The Morgan fingerprint density at radius 2 is 1.93 bits per heavy atom. The first kappa shape index (κ1) is 11.5. The quantitative estimate of drug-likeness (QED) is 0.798. The molecule has 0 aliphatic rings. The van der Waals surface area contributed by atoms with Crippen LogP contribution in [0, 0.1) is 0 Å². The Bertz CT molecular complexity index is 404. The minimum absolute atomic E-state index is 0.186. The van der Waals surface area contributed by atoms with E-state index in [1.54, 1.807) is 6.92 Å². The van der Waals surface area contributed by atoms with Crippen LogP contribution in [0.4, 0.5) is 0 Å². The third-order valence-electron chi connectivity index (χ3n) is 1.69. The maximum atomic E-state index is 11.3. The molecule has 0 saturated heterocycles. The van der Waals surface area contributed by atoms with Crippen LogP contribution in [0.15, 0.2) is 18.2 Å². The minimum atomic E-state index is -0.636. The molecular formula is C10H10ClNO3. The number of carbonyl (C=O) groups is 2. The van der Waals surface area contributed by atoms with Crippen LogP contribution in [0.2, 0.25) is 5.02 Å². The third-order valence-corrected chi connectivity index (χ3v) is 1.91. The third kappa shape index (κ3) is 2.95. The standard InChI is InChI=1S/C10H10ClNO3/c1-2-15-10(14)7-3-6(9(12)13)4-8(11)5-7/h3-5H,2H2,1H3,(H2,12,13). The zero-order valence-corrected chi connectivity index (χ0v) is 8.88. The molecule has 1 amide bonds. The van der Waals surface area contributed by atoms with Gasteiger partial charge in [0, 0.05) is 10.6 Å². The highest BCUT2D eigenvalue weighted by Gasteiger charge is 2.11. The van der Waals surface area contributed by atoms with Gasteiger partial charge in [0.2, 0.25) is 5.91 Å². The number of amides is 1. The normalized spacial score (nSPS) is 9.73. The molecule has 0 aromatic heterocycles. The van der Waals surface area contributed by atoms with Gasteiger partial charge in [0.1, 0.15) is 0 Å². The maximum absolute atomic E-state index is 11.3. The number of esters is 1. The van der Waals surface area contributed by atoms with Gasteiger partial charge in [-0.05, 0) is 25.1 Å². The van der Waals surface area contributed by atoms with E-state index < -0.39 is 11.9 Å². The highest BCUT2D eigenvalue weighted by atomic mass is 35.5. The van der Waals surface area contributed by atoms with E-state index in [0.29, 0.717) is 0 Å². The molecule has 0 atom stereocenters. The number of carbonyl (C=O) groups excluding carboxylic acids is 2. The number of hydrogen-bond acceptors (Lipinski definition) is 3. The molecule has 0 aliphatic carbocycles. The lowest BCUT2D eigenvalue weighted by atomic mass is 10.1. The van der Waals surface area contributed by atoms with Crippen LogP contribution in [0.3, 0.4) is 0 Å². The van der Waals surface area contributed by atoms with Crippen molar-refractivity contribution in [3.05, 3.63) is 34.3 Å². The highest BCUT2D eigenvalue weighted by molar-refractivity contribution is 6.31. The zero-order valence-electron chi connectivity index (χ0n) is 8.12. The Hall–Kier alpha value is -1.55. The van der Waals surface area contributed by atoms with Crippen molar-refractivity contribution < 1.29 is 14.3 Å². The first-order valence-electron chi connectivity index (χ1n) is 4.32. The number of ether oxygens (including phenoxy) is 1. The molecule has 0 radical (unpaired) electrons. The molecule has 0 bridgehead atoms. The zero-order chi connectivity index (χ0) is 11.4. The molecule has 15 heavy (non-hydrogen) atoms. The van der Waals surface area contributed by atoms with Crippen LogP contribution >= 0.6 is 11.6 Å². The van der Waals surface area contributed by atoms with E-state index in [0.717, 1.165) is 0 Å². The number of nitrogens with two attached hydrogens (primary N) is 1. The average Bonchev–Trinajstić information content (AvgIpc) is 2.17. The van der Waals surface area contributed by atoms with E-state index in [1.807, 2.05) is 0 Å². The van der Waals surface area contributed by atoms with Gasteiger partial charge in [-0.2, -0.15) is 0 Å². The van der Waals surface area contributed by atoms with Gasteiger partial charge in [0.05, 0.1) is 12.2 Å². The Labute approximate surface area is 92.0 Å². The summed E-state index contributed by atoms with van der Waals surface area (Å²) in [5, 5.41) is 0.273. The summed E-state index contributed by atoms with van der Waals surface area (Å²) < 4.78 is 4.77. The van der Waals surface area contributed by atoms with Crippen molar-refractivity contribution in [1.29, 1.82) is 0 Å². The Morgan fingerprint density at radius 1 is 1.33 bits per heavy atom. The van der Waals surface area contributed by atoms with Gasteiger partial charge in [-0.3, -0.25) is 4.79 Å². The van der Waals surface area contributed by atoms with Gasteiger partial charge in [0.25, 0.3) is 0 Å². The lowest BCUT2D eigenvalue weighted by Crippen LogP contribution is -2.13. The summed E-state index contributed by atoms with van der Waals surface area (Å²) in [7, 11) is 0. The Kier molecular flexibility index (Phi) is 3.68. The Balaban J connectivity index is 3.09. The molecule has 4 nitrogen and oxygen atoms in total. The van der Waals surface area contributed by atoms with Gasteiger partial charge in [0.15, 0.2) is 0 Å². The SMILES string of the molecule is CCOC(=O)c1cc(Cl)cc(C(N)=O)c1. The maximum Gasteiger partial charge on any atom is 0.338 e. The predicted molar refractivity (Wildman–Crippen MR) is 55.9 cm³/mol. The van der Waals surface area contributed by atoms with Gasteiger partial charge in [-0.15, -0.1) is 0 Å². The smallest absolute Gasteiger partial charge is 0.338 e. The fourth-order valence-electron chi connectivity index (χ4n) is 1.06. The lowest BCUT2D eigenvalue weighted by Gasteiger charge is -2.03. The Morgan fingerprint density at radius 3 is 2.47 bits per heavy atom. The lowest BCUT2D eigenvalue weighted by molar-refractivity contribution is 0.0526. The van der Waals surface area contributed by atoms with Crippen molar-refractivity contribution in [2.45, 2.75) is 6.92 Å². The fourth-order valence-corrected chi connectivity index (χ4v) is 1.30. The van der Waals surface area contributed by atoms with E-state index >= 15 is 0 Å². The van der Waals surface area contributed by atoms with E-state index in [1.165, 1.54) is 18.2 Å². The van der Waals surface area contributed by atoms with Crippen molar-refractivity contribution in [2.24, 2.45) is 5.73 Å². The molecular weight excluding hydrogens is 218 g/mol. The summed E-state index contributed by atoms with van der Waals surface area (Å²) in [6, 6.07) is 4.17. The van der Waals surface area contributed by atoms with Gasteiger partial charge in [-0.25, -0.2) is 4.79 Å². The van der Waals surface area contributed by atoms with Crippen LogP contribution in [0.25, 0.3) is 0 Å². The molecule has 0 fully saturated rings. The van der Waals surface area contributed by atoms with Gasteiger partial charge in [-0.1, -0.05) is 11.6 Å². The molecule has 1 rings (SSSR count). The molecule has 5 heteroatoms. The van der Waals surface area contributed by atoms with Crippen LogP contribution in [-0.2, 0) is 4.74 Å². The number of benzene rings is 1. The van der Waals surface area contributed by atoms with Crippen molar-refractivity contribution in [3.63, 3.8) is 0 Å². The van der Waals surface area contributed by atoms with E-state index in [-0.39, 0.29) is 22.8 Å². The summed E-state index contributed by atoms with van der Waals surface area (Å²) in [6.07, 6.45) is 0. The van der Waals surface area contributed by atoms with E-state index in [9.17, 15) is 9.59 Å². The summed E-state index contributed by atoms with van der Waals surface area (Å²) in [5.74, 6) is -1.16. The highest BCUT2D eigenvalue weighted by Crippen LogP contribution is 2.15. The number of rotatable bonds is 3. The van der Waals surface area contributed by atoms with E-state index in [4.69, 9.17) is 22.1 Å². The van der Waals surface area contributed by atoms with Crippen molar-refractivity contribution in [1.82, 2.24) is 0 Å². The second-order valence-electron chi connectivity index (χ2n) is 2.81. The number of halogens is 1. The number of hydrogen-bond donors (Lipinski definition) is 1. The molecule has 0 aliphatic heterocycles. The van der Waals surface area contributed by atoms with Crippen LogP contribution in [-0.4, -0.2) is 18.5 Å². The predicted octanol–water partition coefficient (Wildman–Crippen LogP) is 1.62. The second kappa shape index (κ2) is 4.79. The molecule has 80 valence electrons. The number of primary amides is 1. The van der Waals surface area contributed by atoms with Gasteiger partial charge < -0.3 is 10.5 Å².